The van der Waals surface area contributed by atoms with E-state index < -0.39 is 5.91 Å². The first-order valence-electron chi connectivity index (χ1n) is 11.3. The SMILES string of the molecule is Cc1ccccc1C(=O)Nc1ccccc1C(=O)NN=Cc1cc(Br)ccc1OCc1ccccc1. The molecule has 2 N–H and O–H groups in total. The van der Waals surface area contributed by atoms with Gasteiger partial charge in [0, 0.05) is 15.6 Å². The van der Waals surface area contributed by atoms with Crippen LogP contribution in [0.25, 0.3) is 0 Å². The molecule has 0 aliphatic rings. The fourth-order valence-corrected chi connectivity index (χ4v) is 3.89. The lowest BCUT2D eigenvalue weighted by atomic mass is 10.1. The number of halogens is 1. The summed E-state index contributed by atoms with van der Waals surface area (Å²) in [6, 6.07) is 29.5. The summed E-state index contributed by atoms with van der Waals surface area (Å²) in [5, 5.41) is 6.96. The van der Waals surface area contributed by atoms with E-state index in [1.165, 1.54) is 6.21 Å². The normalized spacial score (nSPS) is 10.7. The Hall–Kier alpha value is -4.23. The van der Waals surface area contributed by atoms with Crippen molar-refractivity contribution in [1.29, 1.82) is 0 Å². The van der Waals surface area contributed by atoms with Gasteiger partial charge in [-0.05, 0) is 54.4 Å². The summed E-state index contributed by atoms with van der Waals surface area (Å²) in [6.45, 7) is 2.27. The molecule has 0 unspecified atom stereocenters. The molecule has 0 bridgehead atoms. The molecule has 36 heavy (non-hydrogen) atoms. The van der Waals surface area contributed by atoms with E-state index >= 15 is 0 Å². The maximum absolute atomic E-state index is 12.9. The van der Waals surface area contributed by atoms with Gasteiger partial charge in [-0.3, -0.25) is 9.59 Å². The van der Waals surface area contributed by atoms with E-state index in [4.69, 9.17) is 4.74 Å². The Balaban J connectivity index is 1.45. The number of hydrogen-bond acceptors (Lipinski definition) is 4. The Kier molecular flexibility index (Phi) is 8.26. The third-order valence-electron chi connectivity index (χ3n) is 5.39. The molecule has 0 atom stereocenters. The monoisotopic (exact) mass is 541 g/mol. The number of hydrazone groups is 1. The molecule has 180 valence electrons. The number of nitrogens with zero attached hydrogens (tertiary/aromatic N) is 1. The van der Waals surface area contributed by atoms with Gasteiger partial charge in [-0.1, -0.05) is 76.6 Å². The lowest BCUT2D eigenvalue weighted by Gasteiger charge is -2.11. The number of para-hydroxylation sites is 1. The molecule has 6 nitrogen and oxygen atoms in total. The van der Waals surface area contributed by atoms with Crippen LogP contribution in [0.15, 0.2) is 107 Å². The summed E-state index contributed by atoms with van der Waals surface area (Å²) in [5.41, 5.74) is 6.37. The number of nitrogens with one attached hydrogen (secondary N) is 2. The van der Waals surface area contributed by atoms with Gasteiger partial charge in [-0.15, -0.1) is 0 Å². The lowest BCUT2D eigenvalue weighted by molar-refractivity contribution is 0.0956. The summed E-state index contributed by atoms with van der Waals surface area (Å²) < 4.78 is 6.82. The highest BCUT2D eigenvalue weighted by Gasteiger charge is 2.15. The van der Waals surface area contributed by atoms with Gasteiger partial charge in [-0.2, -0.15) is 5.10 Å². The molecule has 2 amide bonds. The number of aryl methyl sites for hydroxylation is 1. The smallest absolute Gasteiger partial charge is 0.273 e. The van der Waals surface area contributed by atoms with E-state index in [1.807, 2.05) is 67.6 Å². The minimum Gasteiger partial charge on any atom is -0.488 e. The zero-order valence-corrected chi connectivity index (χ0v) is 21.2. The second-order valence-corrected chi connectivity index (χ2v) is 8.89. The van der Waals surface area contributed by atoms with Crippen LogP contribution >= 0.6 is 15.9 Å². The van der Waals surface area contributed by atoms with E-state index in [0.717, 1.165) is 15.6 Å². The van der Waals surface area contributed by atoms with E-state index in [-0.39, 0.29) is 5.91 Å². The topological polar surface area (TPSA) is 79.8 Å². The molecule has 0 aromatic heterocycles. The molecule has 0 heterocycles. The molecular weight excluding hydrogens is 518 g/mol. The molecule has 4 rings (SSSR count). The number of carbonyl (C=O) groups excluding carboxylic acids is 2. The van der Waals surface area contributed by atoms with E-state index in [9.17, 15) is 9.59 Å². The largest absolute Gasteiger partial charge is 0.488 e. The Bertz CT molecular complexity index is 1400. The average Bonchev–Trinajstić information content (AvgIpc) is 2.89. The van der Waals surface area contributed by atoms with Crippen LogP contribution in [0.3, 0.4) is 0 Å². The van der Waals surface area contributed by atoms with Crippen LogP contribution in [-0.2, 0) is 6.61 Å². The average molecular weight is 542 g/mol. The van der Waals surface area contributed by atoms with Crippen molar-refractivity contribution in [3.8, 4) is 5.75 Å². The summed E-state index contributed by atoms with van der Waals surface area (Å²) in [6.07, 6.45) is 1.53. The van der Waals surface area contributed by atoms with Crippen molar-refractivity contribution in [3.63, 3.8) is 0 Å². The highest BCUT2D eigenvalue weighted by Crippen LogP contribution is 2.23. The number of benzene rings is 4. The highest BCUT2D eigenvalue weighted by atomic mass is 79.9. The zero-order chi connectivity index (χ0) is 25.3. The van der Waals surface area contributed by atoms with Crippen molar-refractivity contribution >= 4 is 39.6 Å². The Morgan fingerprint density at radius 1 is 0.861 bits per heavy atom. The van der Waals surface area contributed by atoms with Gasteiger partial charge in [0.1, 0.15) is 12.4 Å². The third kappa shape index (κ3) is 6.46. The van der Waals surface area contributed by atoms with Gasteiger partial charge in [0.05, 0.1) is 17.5 Å². The first kappa shape index (κ1) is 24.9. The highest BCUT2D eigenvalue weighted by molar-refractivity contribution is 9.10. The van der Waals surface area contributed by atoms with E-state index in [0.29, 0.717) is 34.7 Å². The summed E-state index contributed by atoms with van der Waals surface area (Å²) in [4.78, 5) is 25.6. The van der Waals surface area contributed by atoms with E-state index in [1.54, 1.807) is 36.4 Å². The van der Waals surface area contributed by atoms with Crippen molar-refractivity contribution in [2.75, 3.05) is 5.32 Å². The van der Waals surface area contributed by atoms with Gasteiger partial charge in [0.25, 0.3) is 11.8 Å². The van der Waals surface area contributed by atoms with Crippen molar-refractivity contribution in [1.82, 2.24) is 5.43 Å². The van der Waals surface area contributed by atoms with Crippen LogP contribution in [0, 0.1) is 6.92 Å². The van der Waals surface area contributed by atoms with Gasteiger partial charge in [0.2, 0.25) is 0 Å². The molecule has 7 heteroatoms. The minimum absolute atomic E-state index is 0.286. The Morgan fingerprint density at radius 3 is 2.33 bits per heavy atom. The van der Waals surface area contributed by atoms with Crippen molar-refractivity contribution < 1.29 is 14.3 Å². The molecule has 4 aromatic carbocycles. The summed E-state index contributed by atoms with van der Waals surface area (Å²) in [5.74, 6) is -0.106. The fraction of sp³-hybridized carbons (Fsp3) is 0.0690. The van der Waals surface area contributed by atoms with Crippen LogP contribution in [0.2, 0.25) is 0 Å². The predicted molar refractivity (Wildman–Crippen MR) is 146 cm³/mol. The Morgan fingerprint density at radius 2 is 1.56 bits per heavy atom. The second kappa shape index (κ2) is 12.0. The maximum atomic E-state index is 12.9. The van der Waals surface area contributed by atoms with Crippen LogP contribution in [0.4, 0.5) is 5.69 Å². The molecule has 4 aromatic rings. The van der Waals surface area contributed by atoms with Gasteiger partial charge >= 0.3 is 0 Å². The number of carbonyl (C=O) groups is 2. The van der Waals surface area contributed by atoms with Gasteiger partial charge in [0.15, 0.2) is 0 Å². The van der Waals surface area contributed by atoms with Crippen LogP contribution in [0.5, 0.6) is 5.75 Å². The van der Waals surface area contributed by atoms with Crippen molar-refractivity contribution in [2.45, 2.75) is 13.5 Å². The van der Waals surface area contributed by atoms with Crippen molar-refractivity contribution in [3.05, 3.63) is 129 Å². The minimum atomic E-state index is -0.450. The van der Waals surface area contributed by atoms with Crippen LogP contribution < -0.4 is 15.5 Å². The van der Waals surface area contributed by atoms with Gasteiger partial charge < -0.3 is 10.1 Å². The van der Waals surface area contributed by atoms with Crippen LogP contribution in [-0.4, -0.2) is 18.0 Å². The molecule has 0 fully saturated rings. The molecule has 0 aliphatic carbocycles. The molecule has 0 radical (unpaired) electrons. The molecule has 0 spiro atoms. The van der Waals surface area contributed by atoms with Crippen molar-refractivity contribution in [2.24, 2.45) is 5.10 Å². The van der Waals surface area contributed by atoms with Crippen LogP contribution in [0.1, 0.15) is 37.4 Å². The number of hydrogen-bond donors (Lipinski definition) is 2. The Labute approximate surface area is 218 Å². The zero-order valence-electron chi connectivity index (χ0n) is 19.6. The third-order valence-corrected chi connectivity index (χ3v) is 5.88. The number of rotatable bonds is 8. The number of ether oxygens (including phenoxy) is 1. The first-order valence-corrected chi connectivity index (χ1v) is 12.1. The number of amides is 2. The molecular formula is C29H24BrN3O3. The van der Waals surface area contributed by atoms with Gasteiger partial charge in [-0.25, -0.2) is 5.43 Å². The summed E-state index contributed by atoms with van der Waals surface area (Å²) in [7, 11) is 0. The maximum Gasteiger partial charge on any atom is 0.273 e. The molecule has 0 aliphatic heterocycles. The first-order chi connectivity index (χ1) is 17.5. The lowest BCUT2D eigenvalue weighted by Crippen LogP contribution is -2.21. The summed E-state index contributed by atoms with van der Waals surface area (Å²) >= 11 is 3.46. The standard InChI is InChI=1S/C29H24BrN3O3/c1-20-9-5-6-12-24(20)28(34)32-26-14-8-7-13-25(26)29(35)33-31-18-22-17-23(30)15-16-27(22)36-19-21-10-3-2-4-11-21/h2-18H,19H2,1H3,(H,32,34)(H,33,35). The second-order valence-electron chi connectivity index (χ2n) is 7.97. The molecule has 0 saturated heterocycles. The molecule has 0 saturated carbocycles. The predicted octanol–water partition coefficient (Wildman–Crippen LogP) is 6.35. The quantitative estimate of drug-likeness (QED) is 0.201. The number of anilines is 1. The van der Waals surface area contributed by atoms with E-state index in [2.05, 4.69) is 31.8 Å². The fourth-order valence-electron chi connectivity index (χ4n) is 3.52.